The van der Waals surface area contributed by atoms with Crippen LogP contribution in [-0.4, -0.2) is 26.8 Å². The first-order valence-electron chi connectivity index (χ1n) is 5.62. The zero-order valence-electron chi connectivity index (χ0n) is 10.7. The van der Waals surface area contributed by atoms with E-state index in [-0.39, 0.29) is 22.4 Å². The van der Waals surface area contributed by atoms with Crippen LogP contribution in [-0.2, 0) is 4.79 Å². The molecule has 0 saturated heterocycles. The Morgan fingerprint density at radius 1 is 1.52 bits per heavy atom. The first-order chi connectivity index (χ1) is 9.95. The van der Waals surface area contributed by atoms with Crippen LogP contribution in [0.5, 0.6) is 0 Å². The molecule has 0 aliphatic rings. The van der Waals surface area contributed by atoms with Crippen LogP contribution in [0.4, 0.5) is 11.4 Å². The van der Waals surface area contributed by atoms with Crippen molar-refractivity contribution in [3.05, 3.63) is 38.3 Å². The van der Waals surface area contributed by atoms with E-state index in [1.165, 1.54) is 41.3 Å². The van der Waals surface area contributed by atoms with Crippen LogP contribution in [0.3, 0.4) is 0 Å². The van der Waals surface area contributed by atoms with Gasteiger partial charge >= 0.3 is 0 Å². The number of amides is 1. The van der Waals surface area contributed by atoms with E-state index >= 15 is 0 Å². The Morgan fingerprint density at radius 3 is 2.86 bits per heavy atom. The minimum atomic E-state index is -0.550. The van der Waals surface area contributed by atoms with Crippen molar-refractivity contribution in [3.8, 4) is 0 Å². The van der Waals surface area contributed by atoms with Crippen molar-refractivity contribution in [3.63, 3.8) is 0 Å². The van der Waals surface area contributed by atoms with Crippen molar-refractivity contribution in [2.75, 3.05) is 11.1 Å². The summed E-state index contributed by atoms with van der Waals surface area (Å²) in [4.78, 5) is 21.8. The molecule has 1 heterocycles. The lowest BCUT2D eigenvalue weighted by Gasteiger charge is -2.06. The van der Waals surface area contributed by atoms with Crippen LogP contribution in [0.15, 0.2) is 22.5 Å². The summed E-state index contributed by atoms with van der Waals surface area (Å²) >= 11 is 8.56. The van der Waals surface area contributed by atoms with Gasteiger partial charge in [-0.25, -0.2) is 0 Å². The van der Waals surface area contributed by atoms with E-state index in [0.29, 0.717) is 10.0 Å². The van der Waals surface area contributed by atoms with E-state index in [1.54, 1.807) is 0 Å². The van der Waals surface area contributed by atoms with Gasteiger partial charge in [-0.05, 0) is 13.0 Å². The van der Waals surface area contributed by atoms with Gasteiger partial charge in [0.25, 0.3) is 5.69 Å². The molecule has 21 heavy (non-hydrogen) atoms. The average Bonchev–Trinajstić information content (AvgIpc) is 2.84. The number of non-ortho nitro benzene ring substituents is 1. The van der Waals surface area contributed by atoms with Crippen LogP contribution in [0.1, 0.15) is 5.01 Å². The molecule has 2 rings (SSSR count). The summed E-state index contributed by atoms with van der Waals surface area (Å²) in [5.74, 6) is -0.120. The van der Waals surface area contributed by atoms with Crippen LogP contribution in [0, 0.1) is 17.0 Å². The maximum atomic E-state index is 11.8. The third-order valence-electron chi connectivity index (χ3n) is 2.27. The van der Waals surface area contributed by atoms with Gasteiger partial charge in [0.2, 0.25) is 5.91 Å². The number of nitrogens with one attached hydrogen (secondary N) is 1. The normalized spacial score (nSPS) is 10.4. The third-order valence-corrected chi connectivity index (χ3v) is 4.56. The lowest BCUT2D eigenvalue weighted by atomic mass is 10.3. The van der Waals surface area contributed by atoms with Crippen LogP contribution in [0.2, 0.25) is 5.02 Å². The molecule has 1 aromatic carbocycles. The summed E-state index contributed by atoms with van der Waals surface area (Å²) in [5, 5.41) is 21.9. The number of nitrogens with zero attached hydrogens (tertiary/aromatic N) is 3. The number of carbonyl (C=O) groups excluding carboxylic acids is 1. The molecule has 7 nitrogen and oxygen atoms in total. The number of thioether (sulfide) groups is 1. The molecule has 10 heteroatoms. The average molecular weight is 345 g/mol. The van der Waals surface area contributed by atoms with Crippen molar-refractivity contribution in [2.45, 2.75) is 11.3 Å². The summed E-state index contributed by atoms with van der Waals surface area (Å²) in [6.45, 7) is 1.83. The molecule has 1 N–H and O–H groups in total. The summed E-state index contributed by atoms with van der Waals surface area (Å²) in [6, 6.07) is 3.87. The van der Waals surface area contributed by atoms with E-state index < -0.39 is 4.92 Å². The first-order valence-corrected chi connectivity index (χ1v) is 7.80. The first kappa shape index (κ1) is 15.7. The number of anilines is 1. The third kappa shape index (κ3) is 4.38. The minimum absolute atomic E-state index is 0.120. The van der Waals surface area contributed by atoms with Crippen molar-refractivity contribution in [2.24, 2.45) is 0 Å². The van der Waals surface area contributed by atoms with E-state index in [9.17, 15) is 14.9 Å². The number of aryl methyl sites for hydroxylation is 1. The fourth-order valence-electron chi connectivity index (χ4n) is 1.37. The number of carbonyl (C=O) groups is 1. The van der Waals surface area contributed by atoms with Gasteiger partial charge in [0, 0.05) is 12.1 Å². The Hall–Kier alpha value is -1.71. The standard InChI is InChI=1S/C11H9ClN4O3S2/c1-6-14-15-11(21-6)20-5-10(17)13-9-3-2-7(16(18)19)4-8(9)12/h2-4H,5H2,1H3,(H,13,17). The smallest absolute Gasteiger partial charge is 0.271 e. The van der Waals surface area contributed by atoms with E-state index in [2.05, 4.69) is 15.5 Å². The van der Waals surface area contributed by atoms with Gasteiger partial charge in [-0.2, -0.15) is 0 Å². The van der Waals surface area contributed by atoms with Gasteiger partial charge in [0.15, 0.2) is 4.34 Å². The Labute approximate surface area is 132 Å². The molecular weight excluding hydrogens is 336 g/mol. The molecule has 0 saturated carbocycles. The molecule has 0 unspecified atom stereocenters. The number of rotatable bonds is 5. The zero-order valence-corrected chi connectivity index (χ0v) is 13.1. The predicted molar refractivity (Wildman–Crippen MR) is 82.1 cm³/mol. The van der Waals surface area contributed by atoms with Crippen molar-refractivity contribution < 1.29 is 9.72 Å². The number of hydrogen-bond donors (Lipinski definition) is 1. The van der Waals surface area contributed by atoms with Crippen LogP contribution < -0.4 is 5.32 Å². The fraction of sp³-hybridized carbons (Fsp3) is 0.182. The molecule has 0 aliphatic carbocycles. The number of hydrogen-bond acceptors (Lipinski definition) is 7. The van der Waals surface area contributed by atoms with Gasteiger partial charge < -0.3 is 5.32 Å². The second-order valence-electron chi connectivity index (χ2n) is 3.85. The summed E-state index contributed by atoms with van der Waals surface area (Å²) < 4.78 is 0.706. The van der Waals surface area contributed by atoms with Crippen molar-refractivity contribution in [1.29, 1.82) is 0 Å². The number of halogens is 1. The van der Waals surface area contributed by atoms with Gasteiger partial charge in [0.1, 0.15) is 5.01 Å². The summed E-state index contributed by atoms with van der Waals surface area (Å²) in [5.41, 5.74) is 0.207. The van der Waals surface area contributed by atoms with Gasteiger partial charge in [-0.1, -0.05) is 34.7 Å². The Morgan fingerprint density at radius 2 is 2.29 bits per heavy atom. The van der Waals surface area contributed by atoms with Crippen molar-refractivity contribution in [1.82, 2.24) is 10.2 Å². The highest BCUT2D eigenvalue weighted by Crippen LogP contribution is 2.27. The molecule has 1 amide bonds. The zero-order chi connectivity index (χ0) is 15.4. The second kappa shape index (κ2) is 6.83. The maximum Gasteiger partial charge on any atom is 0.271 e. The molecule has 1 aromatic heterocycles. The van der Waals surface area contributed by atoms with Crippen molar-refractivity contribution >= 4 is 52.0 Å². The van der Waals surface area contributed by atoms with E-state index in [4.69, 9.17) is 11.6 Å². The monoisotopic (exact) mass is 344 g/mol. The number of aromatic nitrogens is 2. The molecule has 0 atom stereocenters. The molecule has 110 valence electrons. The Bertz CT molecular complexity index is 692. The van der Waals surface area contributed by atoms with Crippen LogP contribution >= 0.6 is 34.7 Å². The number of benzene rings is 1. The number of nitro groups is 1. The minimum Gasteiger partial charge on any atom is -0.324 e. The highest BCUT2D eigenvalue weighted by molar-refractivity contribution is 8.01. The SMILES string of the molecule is Cc1nnc(SCC(=O)Nc2ccc([N+](=O)[O-])cc2Cl)s1. The molecule has 0 fully saturated rings. The number of nitro benzene ring substituents is 1. The fourth-order valence-corrected chi connectivity index (χ4v) is 3.21. The molecule has 0 radical (unpaired) electrons. The predicted octanol–water partition coefficient (Wildman–Crippen LogP) is 3.14. The van der Waals surface area contributed by atoms with Gasteiger partial charge in [-0.15, -0.1) is 10.2 Å². The Balaban J connectivity index is 1.94. The molecule has 0 spiro atoms. The lowest BCUT2D eigenvalue weighted by Crippen LogP contribution is -2.14. The largest absolute Gasteiger partial charge is 0.324 e. The quantitative estimate of drug-likeness (QED) is 0.508. The molecule has 0 bridgehead atoms. The van der Waals surface area contributed by atoms with Gasteiger partial charge in [-0.3, -0.25) is 14.9 Å². The summed E-state index contributed by atoms with van der Waals surface area (Å²) in [6.07, 6.45) is 0. The van der Waals surface area contributed by atoms with E-state index in [1.807, 2.05) is 6.92 Å². The highest BCUT2D eigenvalue weighted by Gasteiger charge is 2.12. The summed E-state index contributed by atoms with van der Waals surface area (Å²) in [7, 11) is 0. The lowest BCUT2D eigenvalue weighted by molar-refractivity contribution is -0.384. The highest BCUT2D eigenvalue weighted by atomic mass is 35.5. The van der Waals surface area contributed by atoms with Crippen LogP contribution in [0.25, 0.3) is 0 Å². The molecule has 2 aromatic rings. The van der Waals surface area contributed by atoms with Gasteiger partial charge in [0.05, 0.1) is 21.4 Å². The maximum absolute atomic E-state index is 11.8. The molecule has 0 aliphatic heterocycles. The second-order valence-corrected chi connectivity index (χ2v) is 6.66. The van der Waals surface area contributed by atoms with E-state index in [0.717, 1.165) is 5.01 Å². The molecular formula is C11H9ClN4O3S2. The Kier molecular flexibility index (Phi) is 5.10. The topological polar surface area (TPSA) is 98.0 Å².